The number of benzene rings is 1. The van der Waals surface area contributed by atoms with E-state index in [1.54, 1.807) is 12.4 Å². The van der Waals surface area contributed by atoms with E-state index in [0.29, 0.717) is 12.5 Å². The Hall–Kier alpha value is -1.98. The molecule has 2 atom stereocenters. The molecule has 0 saturated carbocycles. The number of fused-ring (bicyclic) bond motifs is 1. The minimum atomic E-state index is 0.0707. The Balaban J connectivity index is 1.51. The van der Waals surface area contributed by atoms with Crippen LogP contribution in [0.4, 0.5) is 0 Å². The summed E-state index contributed by atoms with van der Waals surface area (Å²) in [5, 5.41) is 11.8. The van der Waals surface area contributed by atoms with E-state index in [4.69, 9.17) is 0 Å². The van der Waals surface area contributed by atoms with Crippen LogP contribution in [0.2, 0.25) is 0 Å². The van der Waals surface area contributed by atoms with Crippen LogP contribution in [0, 0.1) is 11.8 Å². The topological polar surface area (TPSA) is 56.7 Å². The molecule has 2 fully saturated rings. The van der Waals surface area contributed by atoms with Crippen LogP contribution in [0.25, 0.3) is 10.8 Å². The van der Waals surface area contributed by atoms with Crippen molar-refractivity contribution >= 4 is 16.7 Å². The summed E-state index contributed by atoms with van der Waals surface area (Å²) in [5.41, 5.74) is 0.736. The van der Waals surface area contributed by atoms with Crippen molar-refractivity contribution in [3.05, 3.63) is 42.2 Å². The van der Waals surface area contributed by atoms with E-state index in [-0.39, 0.29) is 18.4 Å². The molecule has 138 valence electrons. The average molecular weight is 353 g/mol. The number of carbonyl (C=O) groups excluding carboxylic acids is 1. The molecule has 26 heavy (non-hydrogen) atoms. The third kappa shape index (κ3) is 3.46. The molecule has 1 N–H and O–H groups in total. The van der Waals surface area contributed by atoms with E-state index in [0.717, 1.165) is 42.5 Å². The zero-order chi connectivity index (χ0) is 17.9. The Labute approximate surface area is 154 Å². The molecule has 2 aliphatic rings. The third-order valence-corrected chi connectivity index (χ3v) is 5.95. The van der Waals surface area contributed by atoms with Crippen molar-refractivity contribution < 1.29 is 9.90 Å². The maximum absolute atomic E-state index is 13.2. The molecule has 1 aromatic heterocycles. The van der Waals surface area contributed by atoms with Crippen LogP contribution in [0.15, 0.2) is 36.7 Å². The van der Waals surface area contributed by atoms with Gasteiger partial charge in [0.1, 0.15) is 0 Å². The number of aromatic nitrogens is 1. The van der Waals surface area contributed by atoms with Crippen molar-refractivity contribution in [2.24, 2.45) is 11.8 Å². The lowest BCUT2D eigenvalue weighted by Gasteiger charge is -2.30. The second-order valence-electron chi connectivity index (χ2n) is 7.68. The van der Waals surface area contributed by atoms with Gasteiger partial charge in [0.2, 0.25) is 0 Å². The molecule has 3 heterocycles. The number of aliphatic hydroxyl groups is 1. The number of nitrogens with zero attached hydrogens (tertiary/aromatic N) is 3. The summed E-state index contributed by atoms with van der Waals surface area (Å²) >= 11 is 0. The summed E-state index contributed by atoms with van der Waals surface area (Å²) in [6.07, 6.45) is 7.39. The van der Waals surface area contributed by atoms with Gasteiger partial charge in [-0.1, -0.05) is 18.6 Å². The summed E-state index contributed by atoms with van der Waals surface area (Å²) in [4.78, 5) is 21.8. The van der Waals surface area contributed by atoms with E-state index in [1.165, 1.54) is 19.3 Å². The second kappa shape index (κ2) is 7.72. The van der Waals surface area contributed by atoms with E-state index >= 15 is 0 Å². The molecule has 0 aliphatic carbocycles. The van der Waals surface area contributed by atoms with Crippen LogP contribution in [0.3, 0.4) is 0 Å². The quantitative estimate of drug-likeness (QED) is 0.917. The van der Waals surface area contributed by atoms with E-state index in [9.17, 15) is 9.90 Å². The maximum atomic E-state index is 13.2. The number of rotatable bonds is 4. The predicted molar refractivity (Wildman–Crippen MR) is 102 cm³/mol. The zero-order valence-corrected chi connectivity index (χ0v) is 15.2. The summed E-state index contributed by atoms with van der Waals surface area (Å²) in [6.45, 7) is 4.84. The maximum Gasteiger partial charge on any atom is 0.254 e. The first-order chi connectivity index (χ1) is 12.8. The zero-order valence-electron chi connectivity index (χ0n) is 15.2. The first-order valence-electron chi connectivity index (χ1n) is 9.71. The van der Waals surface area contributed by atoms with Gasteiger partial charge in [-0.2, -0.15) is 0 Å². The molecule has 5 heteroatoms. The van der Waals surface area contributed by atoms with Gasteiger partial charge in [0.25, 0.3) is 5.91 Å². The van der Waals surface area contributed by atoms with Gasteiger partial charge in [-0.05, 0) is 49.4 Å². The monoisotopic (exact) mass is 353 g/mol. The Morgan fingerprint density at radius 3 is 2.73 bits per heavy atom. The first-order valence-corrected chi connectivity index (χ1v) is 9.71. The largest absolute Gasteiger partial charge is 0.396 e. The lowest BCUT2D eigenvalue weighted by molar-refractivity contribution is 0.0780. The highest BCUT2D eigenvalue weighted by molar-refractivity contribution is 6.06. The molecular formula is C21H27N3O2. The Morgan fingerprint density at radius 2 is 1.92 bits per heavy atom. The Morgan fingerprint density at radius 1 is 1.12 bits per heavy atom. The number of pyridine rings is 1. The van der Waals surface area contributed by atoms with Gasteiger partial charge in [0.15, 0.2) is 0 Å². The average Bonchev–Trinajstić information content (AvgIpc) is 3.10. The highest BCUT2D eigenvalue weighted by Gasteiger charge is 2.36. The van der Waals surface area contributed by atoms with Gasteiger partial charge in [0, 0.05) is 55.5 Å². The third-order valence-electron chi connectivity index (χ3n) is 5.95. The van der Waals surface area contributed by atoms with Gasteiger partial charge in [-0.3, -0.25) is 9.78 Å². The number of likely N-dealkylation sites (tertiary alicyclic amines) is 2. The van der Waals surface area contributed by atoms with Crippen LogP contribution in [0.1, 0.15) is 29.6 Å². The number of aliphatic hydroxyl groups excluding tert-OH is 1. The van der Waals surface area contributed by atoms with Crippen molar-refractivity contribution in [2.45, 2.75) is 19.3 Å². The van der Waals surface area contributed by atoms with Crippen LogP contribution >= 0.6 is 0 Å². The molecule has 0 spiro atoms. The summed E-state index contributed by atoms with van der Waals surface area (Å²) < 4.78 is 0. The standard InChI is InChI=1S/C21H27N3O2/c25-15-18-14-24(13-17(18)12-23-9-2-1-3-10-23)21(26)20-6-4-5-16-11-22-8-7-19(16)20/h4-8,11,17-18,25H,1-3,9-10,12-15H2/t17-,18-/m0/s1. The van der Waals surface area contributed by atoms with Crippen molar-refractivity contribution in [3.8, 4) is 0 Å². The number of hydrogen-bond donors (Lipinski definition) is 1. The molecule has 0 radical (unpaired) electrons. The number of piperidine rings is 1. The van der Waals surface area contributed by atoms with Crippen molar-refractivity contribution in [1.29, 1.82) is 0 Å². The first kappa shape index (κ1) is 17.4. The lowest BCUT2D eigenvalue weighted by Crippen LogP contribution is -2.37. The van der Waals surface area contributed by atoms with Crippen LogP contribution < -0.4 is 0 Å². The van der Waals surface area contributed by atoms with Crippen molar-refractivity contribution in [2.75, 3.05) is 39.3 Å². The summed E-state index contributed by atoms with van der Waals surface area (Å²) in [5.74, 6) is 0.609. The normalized spacial score (nSPS) is 24.3. The molecular weight excluding hydrogens is 326 g/mol. The molecule has 2 aliphatic heterocycles. The summed E-state index contributed by atoms with van der Waals surface area (Å²) in [7, 11) is 0. The van der Waals surface area contributed by atoms with Gasteiger partial charge >= 0.3 is 0 Å². The van der Waals surface area contributed by atoms with E-state index in [2.05, 4.69) is 9.88 Å². The fourth-order valence-corrected chi connectivity index (χ4v) is 4.47. The van der Waals surface area contributed by atoms with E-state index in [1.807, 2.05) is 29.2 Å². The van der Waals surface area contributed by atoms with E-state index < -0.39 is 0 Å². The molecule has 2 aromatic rings. The van der Waals surface area contributed by atoms with Gasteiger partial charge in [-0.15, -0.1) is 0 Å². The van der Waals surface area contributed by atoms with Crippen molar-refractivity contribution in [1.82, 2.24) is 14.8 Å². The van der Waals surface area contributed by atoms with Crippen LogP contribution in [0.5, 0.6) is 0 Å². The number of hydrogen-bond acceptors (Lipinski definition) is 4. The molecule has 1 amide bonds. The van der Waals surface area contributed by atoms with Gasteiger partial charge in [0.05, 0.1) is 0 Å². The second-order valence-corrected chi connectivity index (χ2v) is 7.68. The molecule has 0 unspecified atom stereocenters. The lowest BCUT2D eigenvalue weighted by atomic mass is 9.95. The highest BCUT2D eigenvalue weighted by Crippen LogP contribution is 2.28. The minimum absolute atomic E-state index is 0.0707. The molecule has 5 nitrogen and oxygen atoms in total. The van der Waals surface area contributed by atoms with Crippen LogP contribution in [-0.4, -0.2) is 65.1 Å². The molecule has 4 rings (SSSR count). The highest BCUT2D eigenvalue weighted by atomic mass is 16.3. The molecule has 1 aromatic carbocycles. The van der Waals surface area contributed by atoms with Crippen LogP contribution in [-0.2, 0) is 0 Å². The van der Waals surface area contributed by atoms with Crippen molar-refractivity contribution in [3.63, 3.8) is 0 Å². The minimum Gasteiger partial charge on any atom is -0.396 e. The smallest absolute Gasteiger partial charge is 0.254 e. The predicted octanol–water partition coefficient (Wildman–Crippen LogP) is 2.40. The fraction of sp³-hybridized carbons (Fsp3) is 0.524. The molecule has 2 saturated heterocycles. The number of carbonyl (C=O) groups is 1. The van der Waals surface area contributed by atoms with Gasteiger partial charge < -0.3 is 14.9 Å². The Kier molecular flexibility index (Phi) is 5.18. The van der Waals surface area contributed by atoms with Gasteiger partial charge in [-0.25, -0.2) is 0 Å². The Bertz CT molecular complexity index is 767. The molecule has 0 bridgehead atoms. The number of amides is 1. The fourth-order valence-electron chi connectivity index (χ4n) is 4.47. The SMILES string of the molecule is O=C(c1cccc2cnccc12)N1C[C@@H](CO)[C@@H](CN2CCCCC2)C1. The summed E-state index contributed by atoms with van der Waals surface area (Å²) in [6, 6.07) is 7.71.